The highest BCUT2D eigenvalue weighted by Crippen LogP contribution is 2.35. The molecule has 0 radical (unpaired) electrons. The molecule has 0 nitrogen and oxygen atoms in total. The summed E-state index contributed by atoms with van der Waals surface area (Å²) in [5, 5.41) is 0. The van der Waals surface area contributed by atoms with E-state index < -0.39 is 0 Å². The molecule has 0 spiro atoms. The van der Waals surface area contributed by atoms with Gasteiger partial charge in [0.15, 0.2) is 0 Å². The molecule has 2 aromatic rings. The third-order valence-corrected chi connectivity index (χ3v) is 5.25. The Morgan fingerprint density at radius 1 is 0.941 bits per heavy atom. The fourth-order valence-electron chi connectivity index (χ4n) is 3.59. The van der Waals surface area contributed by atoms with Crippen molar-refractivity contribution in [3.05, 3.63) is 108 Å². The maximum atomic E-state index is 2.34. The Morgan fingerprint density at radius 2 is 1.56 bits per heavy atom. The van der Waals surface area contributed by atoms with Crippen LogP contribution in [-0.2, 0) is 0 Å². The van der Waals surface area contributed by atoms with Gasteiger partial charge in [0.25, 0.3) is 0 Å². The molecule has 2 aromatic carbocycles. The van der Waals surface area contributed by atoms with Gasteiger partial charge in [-0.3, -0.25) is 0 Å². The van der Waals surface area contributed by atoms with E-state index in [-0.39, 0.29) is 7.43 Å². The minimum Gasteiger partial charge on any atom is -0.0842 e. The zero-order valence-electron chi connectivity index (χ0n) is 22.2. The van der Waals surface area contributed by atoms with Crippen LogP contribution in [0.25, 0.3) is 22.3 Å². The molecule has 34 heavy (non-hydrogen) atoms. The lowest BCUT2D eigenvalue weighted by Gasteiger charge is -2.16. The Bertz CT molecular complexity index is 978. The summed E-state index contributed by atoms with van der Waals surface area (Å²) in [7, 11) is 0. The third kappa shape index (κ3) is 9.18. The zero-order valence-corrected chi connectivity index (χ0v) is 22.2. The van der Waals surface area contributed by atoms with Crippen molar-refractivity contribution in [2.75, 3.05) is 0 Å². The van der Waals surface area contributed by atoms with Gasteiger partial charge in [0, 0.05) is 0 Å². The van der Waals surface area contributed by atoms with E-state index in [1.165, 1.54) is 45.4 Å². The molecule has 0 heterocycles. The molecule has 0 saturated carbocycles. The summed E-state index contributed by atoms with van der Waals surface area (Å²) < 4.78 is 0. The second-order valence-electron chi connectivity index (χ2n) is 8.05. The molecule has 3 rings (SSSR count). The molecule has 0 aliphatic heterocycles. The predicted molar refractivity (Wildman–Crippen MR) is 159 cm³/mol. The van der Waals surface area contributed by atoms with Crippen LogP contribution in [0.4, 0.5) is 0 Å². The molecule has 184 valence electrons. The van der Waals surface area contributed by atoms with Crippen molar-refractivity contribution in [1.29, 1.82) is 0 Å². The van der Waals surface area contributed by atoms with E-state index in [2.05, 4.69) is 133 Å². The molecule has 1 unspecified atom stereocenters. The summed E-state index contributed by atoms with van der Waals surface area (Å²) in [5.74, 6) is 0.462. The third-order valence-electron chi connectivity index (χ3n) is 5.25. The molecule has 0 bridgehead atoms. The summed E-state index contributed by atoms with van der Waals surface area (Å²) in [6, 6.07) is 15.4. The van der Waals surface area contributed by atoms with Crippen LogP contribution in [0.15, 0.2) is 91.1 Å². The summed E-state index contributed by atoms with van der Waals surface area (Å²) >= 11 is 0. The van der Waals surface area contributed by atoms with Crippen molar-refractivity contribution in [3.8, 4) is 11.1 Å². The van der Waals surface area contributed by atoms with Crippen LogP contribution in [0.1, 0.15) is 85.4 Å². The van der Waals surface area contributed by atoms with Crippen molar-refractivity contribution >= 4 is 11.1 Å². The summed E-state index contributed by atoms with van der Waals surface area (Å²) in [5.41, 5.74) is 8.99. The normalized spacial score (nSPS) is 14.8. The zero-order chi connectivity index (χ0) is 24.6. The summed E-state index contributed by atoms with van der Waals surface area (Å²) in [4.78, 5) is 0. The van der Waals surface area contributed by atoms with Crippen molar-refractivity contribution < 1.29 is 0 Å². The lowest BCUT2D eigenvalue weighted by atomic mass is 9.88. The molecular weight excluding hydrogens is 408 g/mol. The standard InChI is InChI=1S/C28H30.C3H8.C2H6.CH4/c1-5-7-13-23(6-2)26-19-27(24-14-9-8-10-15-24)22(4)28(20-26)25-16-11-12-21(3)17-18-25;1-3-2;1-2;/h6-21H,5H2,1-4H3;3H2,1-2H3;1-2H3;1H4/b13-7-,23-6+;;;. The first-order chi connectivity index (χ1) is 16.0. The molecule has 0 saturated heterocycles. The lowest BCUT2D eigenvalue weighted by Crippen LogP contribution is -1.95. The minimum atomic E-state index is 0. The predicted octanol–water partition coefficient (Wildman–Crippen LogP) is 11.3. The number of rotatable bonds is 5. The fraction of sp³-hybridized carbons (Fsp3) is 0.353. The fourth-order valence-corrected chi connectivity index (χ4v) is 3.59. The van der Waals surface area contributed by atoms with E-state index in [1.54, 1.807) is 0 Å². The minimum absolute atomic E-state index is 0. The van der Waals surface area contributed by atoms with Crippen LogP contribution in [0.2, 0.25) is 0 Å². The van der Waals surface area contributed by atoms with E-state index >= 15 is 0 Å². The summed E-state index contributed by atoms with van der Waals surface area (Å²) in [6.45, 7) is 17.0. The number of allylic oxidation sites excluding steroid dienone is 10. The van der Waals surface area contributed by atoms with Crippen LogP contribution in [-0.4, -0.2) is 0 Å². The topological polar surface area (TPSA) is 0 Å². The first kappa shape index (κ1) is 31.1. The molecule has 0 fully saturated rings. The first-order valence-corrected chi connectivity index (χ1v) is 12.7. The molecule has 0 amide bonds. The van der Waals surface area contributed by atoms with Crippen molar-refractivity contribution in [2.45, 2.75) is 75.7 Å². The van der Waals surface area contributed by atoms with Crippen LogP contribution in [0.5, 0.6) is 0 Å². The maximum Gasteiger partial charge on any atom is -0.00754 e. The van der Waals surface area contributed by atoms with E-state index in [4.69, 9.17) is 0 Å². The van der Waals surface area contributed by atoms with Gasteiger partial charge >= 0.3 is 0 Å². The van der Waals surface area contributed by atoms with Crippen molar-refractivity contribution in [1.82, 2.24) is 0 Å². The molecule has 1 aliphatic carbocycles. The van der Waals surface area contributed by atoms with Crippen LogP contribution < -0.4 is 0 Å². The van der Waals surface area contributed by atoms with Gasteiger partial charge < -0.3 is 0 Å². The average Bonchev–Trinajstić information content (AvgIpc) is 3.07. The second-order valence-corrected chi connectivity index (χ2v) is 8.05. The smallest absolute Gasteiger partial charge is 0.00754 e. The largest absolute Gasteiger partial charge is 0.0842 e. The Balaban J connectivity index is 0.00000168. The highest BCUT2D eigenvalue weighted by molar-refractivity contribution is 5.87. The SMILES string of the molecule is C.C/C=C(\C=C/CC)c1cc(C2=CC=CC(C)C=C2)c(C)c(-c2ccccc2)c1.CC.CCC. The van der Waals surface area contributed by atoms with E-state index in [0.717, 1.165) is 6.42 Å². The van der Waals surface area contributed by atoms with Gasteiger partial charge in [-0.05, 0) is 77.3 Å². The average molecular weight is 457 g/mol. The maximum absolute atomic E-state index is 2.34. The van der Waals surface area contributed by atoms with Crippen molar-refractivity contribution in [2.24, 2.45) is 5.92 Å². The molecule has 1 aliphatic rings. The molecule has 0 heteroatoms. The first-order valence-electron chi connectivity index (χ1n) is 12.7. The number of benzene rings is 2. The highest BCUT2D eigenvalue weighted by atomic mass is 14.2. The van der Waals surface area contributed by atoms with E-state index in [0.29, 0.717) is 5.92 Å². The molecule has 1 atom stereocenters. The van der Waals surface area contributed by atoms with Gasteiger partial charge in [0.2, 0.25) is 0 Å². The van der Waals surface area contributed by atoms with Crippen molar-refractivity contribution in [3.63, 3.8) is 0 Å². The van der Waals surface area contributed by atoms with Gasteiger partial charge in [-0.25, -0.2) is 0 Å². The van der Waals surface area contributed by atoms with Gasteiger partial charge in [-0.15, -0.1) is 0 Å². The Hall–Kier alpha value is -2.86. The quantitative estimate of drug-likeness (QED) is 0.392. The molecule has 0 N–H and O–H groups in total. The van der Waals surface area contributed by atoms with Crippen LogP contribution >= 0.6 is 0 Å². The van der Waals surface area contributed by atoms with Gasteiger partial charge in [0.05, 0.1) is 0 Å². The van der Waals surface area contributed by atoms with Gasteiger partial charge in [-0.1, -0.05) is 134 Å². The molecule has 0 aromatic heterocycles. The van der Waals surface area contributed by atoms with E-state index in [1.807, 2.05) is 13.8 Å². The Labute approximate surface area is 211 Å². The van der Waals surface area contributed by atoms with Crippen LogP contribution in [0.3, 0.4) is 0 Å². The van der Waals surface area contributed by atoms with Crippen LogP contribution in [0, 0.1) is 12.8 Å². The van der Waals surface area contributed by atoms with Gasteiger partial charge in [0.1, 0.15) is 0 Å². The van der Waals surface area contributed by atoms with E-state index in [9.17, 15) is 0 Å². The summed E-state index contributed by atoms with van der Waals surface area (Å²) in [6.07, 6.45) is 20.2. The number of hydrogen-bond donors (Lipinski definition) is 0. The number of hydrogen-bond acceptors (Lipinski definition) is 0. The Kier molecular flexibility index (Phi) is 16.1. The second kappa shape index (κ2) is 17.6. The van der Waals surface area contributed by atoms with Gasteiger partial charge in [-0.2, -0.15) is 0 Å². The lowest BCUT2D eigenvalue weighted by molar-refractivity contribution is 0.943. The molecular formula is C34H48. The Morgan fingerprint density at radius 3 is 2.15 bits per heavy atom. The highest BCUT2D eigenvalue weighted by Gasteiger charge is 2.13. The monoisotopic (exact) mass is 456 g/mol.